The first-order chi connectivity index (χ1) is 12.1. The second-order valence-corrected chi connectivity index (χ2v) is 5.94. The molecule has 0 bridgehead atoms. The first kappa shape index (κ1) is 17.1. The van der Waals surface area contributed by atoms with Gasteiger partial charge in [-0.3, -0.25) is 9.59 Å². The average molecular weight is 342 g/mol. The van der Waals surface area contributed by atoms with E-state index in [4.69, 9.17) is 4.74 Å². The summed E-state index contributed by atoms with van der Waals surface area (Å²) in [6, 6.07) is 12.6. The number of carbonyl (C=O) groups is 2. The molecule has 25 heavy (non-hydrogen) atoms. The monoisotopic (exact) mass is 342 g/mol. The lowest BCUT2D eigenvalue weighted by Gasteiger charge is -2.10. The normalized spacial score (nSPS) is 16.4. The van der Waals surface area contributed by atoms with Crippen LogP contribution in [0.15, 0.2) is 48.5 Å². The Hall–Kier alpha value is -2.73. The van der Waals surface area contributed by atoms with Crippen LogP contribution in [0.3, 0.4) is 0 Å². The van der Waals surface area contributed by atoms with Gasteiger partial charge in [-0.1, -0.05) is 12.1 Å². The summed E-state index contributed by atoms with van der Waals surface area (Å²) in [5, 5.41) is 5.58. The van der Waals surface area contributed by atoms with Gasteiger partial charge in [0.05, 0.1) is 12.5 Å². The first-order valence-corrected chi connectivity index (χ1v) is 8.13. The van der Waals surface area contributed by atoms with Crippen molar-refractivity contribution in [1.29, 1.82) is 0 Å². The van der Waals surface area contributed by atoms with Crippen molar-refractivity contribution in [2.75, 3.05) is 18.5 Å². The van der Waals surface area contributed by atoms with Crippen molar-refractivity contribution in [3.63, 3.8) is 0 Å². The highest BCUT2D eigenvalue weighted by molar-refractivity contribution is 6.04. The highest BCUT2D eigenvalue weighted by atomic mass is 19.1. The minimum absolute atomic E-state index is 0.00405. The van der Waals surface area contributed by atoms with Gasteiger partial charge in [0.15, 0.2) is 0 Å². The van der Waals surface area contributed by atoms with Gasteiger partial charge in [0.2, 0.25) is 5.91 Å². The molecule has 0 aromatic heterocycles. The largest absolute Gasteiger partial charge is 0.381 e. The molecule has 5 nitrogen and oxygen atoms in total. The van der Waals surface area contributed by atoms with Crippen LogP contribution < -0.4 is 10.6 Å². The number of nitrogens with one attached hydrogen (secondary N) is 2. The first-order valence-electron chi connectivity index (χ1n) is 8.13. The van der Waals surface area contributed by atoms with Gasteiger partial charge < -0.3 is 15.4 Å². The molecule has 2 aromatic carbocycles. The zero-order valence-corrected chi connectivity index (χ0v) is 13.6. The van der Waals surface area contributed by atoms with E-state index in [2.05, 4.69) is 10.6 Å². The zero-order chi connectivity index (χ0) is 17.6. The van der Waals surface area contributed by atoms with Gasteiger partial charge in [-0.25, -0.2) is 4.39 Å². The number of carbonyl (C=O) groups excluding carboxylic acids is 2. The second kappa shape index (κ2) is 7.90. The van der Waals surface area contributed by atoms with Gasteiger partial charge in [0, 0.05) is 24.4 Å². The second-order valence-electron chi connectivity index (χ2n) is 5.94. The van der Waals surface area contributed by atoms with Crippen LogP contribution in [0, 0.1) is 11.7 Å². The predicted octanol–water partition coefficient (Wildman–Crippen LogP) is 2.73. The fourth-order valence-electron chi connectivity index (χ4n) is 2.59. The van der Waals surface area contributed by atoms with E-state index in [1.165, 1.54) is 24.3 Å². The minimum Gasteiger partial charge on any atom is -0.381 e. The molecular formula is C19H19FN2O3. The number of halogens is 1. The van der Waals surface area contributed by atoms with Crippen LogP contribution in [-0.2, 0) is 16.1 Å². The number of hydrogen-bond acceptors (Lipinski definition) is 3. The minimum atomic E-state index is -0.353. The molecule has 1 atom stereocenters. The summed E-state index contributed by atoms with van der Waals surface area (Å²) in [5.74, 6) is -0.699. The third-order valence-corrected chi connectivity index (χ3v) is 4.09. The lowest BCUT2D eigenvalue weighted by molar-refractivity contribution is -0.125. The van der Waals surface area contributed by atoms with E-state index in [-0.39, 0.29) is 23.5 Å². The fraction of sp³-hybridized carbons (Fsp3) is 0.263. The van der Waals surface area contributed by atoms with E-state index in [1.807, 2.05) is 0 Å². The molecule has 0 spiro atoms. The predicted molar refractivity (Wildman–Crippen MR) is 91.6 cm³/mol. The molecule has 1 aliphatic rings. The summed E-state index contributed by atoms with van der Waals surface area (Å²) in [5.41, 5.74) is 1.93. The standard InChI is InChI=1S/C19H19FN2O3/c20-16-5-7-17(8-6-16)22-19(24)14-3-1-13(2-4-14)11-21-18(23)15-9-10-25-12-15/h1-8,15H,9-12H2,(H,21,23)(H,22,24). The maximum Gasteiger partial charge on any atom is 0.255 e. The lowest BCUT2D eigenvalue weighted by atomic mass is 10.1. The smallest absolute Gasteiger partial charge is 0.255 e. The summed E-state index contributed by atoms with van der Waals surface area (Å²) in [6.45, 7) is 1.53. The van der Waals surface area contributed by atoms with Gasteiger partial charge >= 0.3 is 0 Å². The number of benzene rings is 2. The number of anilines is 1. The summed E-state index contributed by atoms with van der Waals surface area (Å²) < 4.78 is 18.1. The van der Waals surface area contributed by atoms with Crippen molar-refractivity contribution in [1.82, 2.24) is 5.32 Å². The Balaban J connectivity index is 1.53. The number of amides is 2. The SMILES string of the molecule is O=C(Nc1ccc(F)cc1)c1ccc(CNC(=O)C2CCOC2)cc1. The molecule has 2 aromatic rings. The molecule has 1 saturated heterocycles. The molecule has 0 aliphatic carbocycles. The summed E-state index contributed by atoms with van der Waals surface area (Å²) in [4.78, 5) is 24.1. The zero-order valence-electron chi connectivity index (χ0n) is 13.6. The van der Waals surface area contributed by atoms with Gasteiger partial charge in [0.25, 0.3) is 5.91 Å². The maximum absolute atomic E-state index is 12.9. The van der Waals surface area contributed by atoms with E-state index in [1.54, 1.807) is 24.3 Å². The topological polar surface area (TPSA) is 67.4 Å². The van der Waals surface area contributed by atoms with Crippen LogP contribution in [0.5, 0.6) is 0 Å². The molecule has 1 unspecified atom stereocenters. The Morgan fingerprint density at radius 2 is 1.80 bits per heavy atom. The average Bonchev–Trinajstić information content (AvgIpc) is 3.17. The Bertz CT molecular complexity index is 738. The Labute approximate surface area is 145 Å². The third-order valence-electron chi connectivity index (χ3n) is 4.09. The molecule has 0 saturated carbocycles. The molecule has 2 amide bonds. The van der Waals surface area contributed by atoms with E-state index in [0.717, 1.165) is 12.0 Å². The van der Waals surface area contributed by atoms with E-state index in [0.29, 0.717) is 31.0 Å². The van der Waals surface area contributed by atoms with Gasteiger partial charge in [-0.2, -0.15) is 0 Å². The van der Waals surface area contributed by atoms with Gasteiger partial charge in [-0.15, -0.1) is 0 Å². The summed E-state index contributed by atoms with van der Waals surface area (Å²) in [7, 11) is 0. The fourth-order valence-corrected chi connectivity index (χ4v) is 2.59. The lowest BCUT2D eigenvalue weighted by Crippen LogP contribution is -2.30. The number of ether oxygens (including phenoxy) is 1. The van der Waals surface area contributed by atoms with Crippen molar-refractivity contribution in [3.05, 3.63) is 65.5 Å². The number of rotatable bonds is 5. The van der Waals surface area contributed by atoms with Crippen molar-refractivity contribution >= 4 is 17.5 Å². The highest BCUT2D eigenvalue weighted by Gasteiger charge is 2.22. The molecule has 130 valence electrons. The molecule has 3 rings (SSSR count). The van der Waals surface area contributed by atoms with Crippen LogP contribution in [0.1, 0.15) is 22.3 Å². The number of hydrogen-bond donors (Lipinski definition) is 2. The Morgan fingerprint density at radius 3 is 2.44 bits per heavy atom. The van der Waals surface area contributed by atoms with Crippen molar-refractivity contribution < 1.29 is 18.7 Å². The van der Waals surface area contributed by atoms with Gasteiger partial charge in [-0.05, 0) is 48.4 Å². The van der Waals surface area contributed by atoms with Crippen LogP contribution in [0.2, 0.25) is 0 Å². The molecular weight excluding hydrogens is 323 g/mol. The molecule has 0 radical (unpaired) electrons. The van der Waals surface area contributed by atoms with Crippen LogP contribution in [-0.4, -0.2) is 25.0 Å². The third kappa shape index (κ3) is 4.64. The van der Waals surface area contributed by atoms with E-state index >= 15 is 0 Å². The highest BCUT2D eigenvalue weighted by Crippen LogP contribution is 2.13. The van der Waals surface area contributed by atoms with Crippen molar-refractivity contribution in [2.24, 2.45) is 5.92 Å². The molecule has 2 N–H and O–H groups in total. The van der Waals surface area contributed by atoms with E-state index in [9.17, 15) is 14.0 Å². The Morgan fingerprint density at radius 1 is 1.08 bits per heavy atom. The Kier molecular flexibility index (Phi) is 5.40. The molecule has 1 heterocycles. The van der Waals surface area contributed by atoms with Crippen molar-refractivity contribution in [2.45, 2.75) is 13.0 Å². The van der Waals surface area contributed by atoms with E-state index < -0.39 is 0 Å². The maximum atomic E-state index is 12.9. The molecule has 1 fully saturated rings. The molecule has 1 aliphatic heterocycles. The van der Waals surface area contributed by atoms with Crippen LogP contribution >= 0.6 is 0 Å². The van der Waals surface area contributed by atoms with Crippen LogP contribution in [0.25, 0.3) is 0 Å². The van der Waals surface area contributed by atoms with Crippen molar-refractivity contribution in [3.8, 4) is 0 Å². The van der Waals surface area contributed by atoms with Gasteiger partial charge in [0.1, 0.15) is 5.82 Å². The molecule has 6 heteroatoms. The summed E-state index contributed by atoms with van der Waals surface area (Å²) >= 11 is 0. The quantitative estimate of drug-likeness (QED) is 0.878. The van der Waals surface area contributed by atoms with Crippen LogP contribution in [0.4, 0.5) is 10.1 Å². The summed E-state index contributed by atoms with van der Waals surface area (Å²) in [6.07, 6.45) is 0.758.